The third kappa shape index (κ3) is 3.98. The van der Waals surface area contributed by atoms with Crippen LogP contribution in [0.2, 0.25) is 5.02 Å². The van der Waals surface area contributed by atoms with Crippen molar-refractivity contribution < 1.29 is 27.5 Å². The molecule has 4 rings (SSSR count). The fraction of sp³-hybridized carbons (Fsp3) is 0.381. The Morgan fingerprint density at radius 1 is 1.10 bits per heavy atom. The van der Waals surface area contributed by atoms with E-state index < -0.39 is 28.4 Å². The highest BCUT2D eigenvalue weighted by Gasteiger charge is 2.50. The first-order chi connectivity index (χ1) is 14.0. The van der Waals surface area contributed by atoms with E-state index in [0.29, 0.717) is 31.5 Å². The smallest absolute Gasteiger partial charge is 0.385 e. The lowest BCUT2D eigenvalue weighted by molar-refractivity contribution is -0.137. The first-order valence-electron chi connectivity index (χ1n) is 9.46. The number of carbonyl (C=O) groups excluding carboxylic acids is 1. The van der Waals surface area contributed by atoms with Gasteiger partial charge in [0.15, 0.2) is 0 Å². The molecule has 1 aliphatic heterocycles. The molecule has 2 amide bonds. The molecular weight excluding hydrogens is 424 g/mol. The van der Waals surface area contributed by atoms with Crippen molar-refractivity contribution in [3.8, 4) is 0 Å². The van der Waals surface area contributed by atoms with Crippen molar-refractivity contribution in [3.63, 3.8) is 0 Å². The number of hydrogen-bond donors (Lipinski definition) is 2. The monoisotopic (exact) mass is 442 g/mol. The SMILES string of the molecule is O=C(Nc1ccc(Cl)c(C(F)(F)F)c1)N1CC2CC(O)(c3ccc(F)cc3)CC2C1. The predicted octanol–water partition coefficient (Wildman–Crippen LogP) is 5.26. The van der Waals surface area contributed by atoms with Crippen molar-refractivity contribution in [2.24, 2.45) is 11.8 Å². The molecule has 0 bridgehead atoms. The number of alkyl halides is 3. The maximum absolute atomic E-state index is 13.2. The second-order valence-corrected chi connectivity index (χ2v) is 8.40. The highest BCUT2D eigenvalue weighted by atomic mass is 35.5. The van der Waals surface area contributed by atoms with E-state index in [1.54, 1.807) is 17.0 Å². The molecule has 2 atom stereocenters. The fourth-order valence-electron chi connectivity index (χ4n) is 4.54. The summed E-state index contributed by atoms with van der Waals surface area (Å²) >= 11 is 5.61. The first kappa shape index (κ1) is 20.9. The van der Waals surface area contributed by atoms with Gasteiger partial charge in [0.1, 0.15) is 5.82 Å². The van der Waals surface area contributed by atoms with Crippen LogP contribution in [0.1, 0.15) is 24.0 Å². The standard InChI is InChI=1S/C21H19ClF4N2O2/c22-18-6-5-16(7-17(18)21(24,25)26)27-19(29)28-10-12-8-20(30,9-13(12)11-28)14-1-3-15(23)4-2-14/h1-7,12-13,30H,8-11H2,(H,27,29). The predicted molar refractivity (Wildman–Crippen MR) is 104 cm³/mol. The zero-order valence-electron chi connectivity index (χ0n) is 15.7. The molecule has 1 aliphatic carbocycles. The molecule has 2 N–H and O–H groups in total. The van der Waals surface area contributed by atoms with Gasteiger partial charge in [0.25, 0.3) is 0 Å². The van der Waals surface area contributed by atoms with E-state index in [9.17, 15) is 27.5 Å². The van der Waals surface area contributed by atoms with Gasteiger partial charge < -0.3 is 15.3 Å². The molecule has 0 aromatic heterocycles. The molecule has 2 unspecified atom stereocenters. The minimum atomic E-state index is -4.62. The summed E-state index contributed by atoms with van der Waals surface area (Å²) in [5, 5.41) is 13.1. The Kier molecular flexibility index (Phi) is 5.18. The van der Waals surface area contributed by atoms with Crippen LogP contribution in [-0.2, 0) is 11.8 Å². The molecule has 2 aliphatic rings. The van der Waals surface area contributed by atoms with E-state index in [4.69, 9.17) is 11.6 Å². The summed E-state index contributed by atoms with van der Waals surface area (Å²) in [6, 6.07) is 8.49. The van der Waals surface area contributed by atoms with Crippen LogP contribution in [0.25, 0.3) is 0 Å². The molecule has 0 spiro atoms. The highest BCUT2D eigenvalue weighted by Crippen LogP contribution is 2.49. The number of carbonyl (C=O) groups is 1. The van der Waals surface area contributed by atoms with Crippen molar-refractivity contribution in [3.05, 3.63) is 64.4 Å². The van der Waals surface area contributed by atoms with Crippen LogP contribution >= 0.6 is 11.6 Å². The van der Waals surface area contributed by atoms with Crippen molar-refractivity contribution >= 4 is 23.3 Å². The lowest BCUT2D eigenvalue weighted by atomic mass is 9.90. The third-order valence-electron chi connectivity index (χ3n) is 5.97. The zero-order chi connectivity index (χ0) is 21.7. The number of nitrogens with one attached hydrogen (secondary N) is 1. The fourth-order valence-corrected chi connectivity index (χ4v) is 4.76. The maximum atomic E-state index is 13.2. The summed E-state index contributed by atoms with van der Waals surface area (Å²) in [4.78, 5) is 14.1. The summed E-state index contributed by atoms with van der Waals surface area (Å²) in [5.74, 6) is -0.261. The molecule has 4 nitrogen and oxygen atoms in total. The van der Waals surface area contributed by atoms with Crippen LogP contribution in [0.15, 0.2) is 42.5 Å². The Morgan fingerprint density at radius 2 is 1.70 bits per heavy atom. The topological polar surface area (TPSA) is 52.6 Å². The Morgan fingerprint density at radius 3 is 2.27 bits per heavy atom. The number of nitrogens with zero attached hydrogens (tertiary/aromatic N) is 1. The van der Waals surface area contributed by atoms with Gasteiger partial charge in [0, 0.05) is 18.8 Å². The molecule has 1 heterocycles. The molecule has 1 saturated carbocycles. The van der Waals surface area contributed by atoms with E-state index in [1.165, 1.54) is 18.2 Å². The zero-order valence-corrected chi connectivity index (χ0v) is 16.5. The molecule has 9 heteroatoms. The van der Waals surface area contributed by atoms with Gasteiger partial charge in [-0.1, -0.05) is 23.7 Å². The van der Waals surface area contributed by atoms with Crippen molar-refractivity contribution in [1.29, 1.82) is 0 Å². The number of hydrogen-bond acceptors (Lipinski definition) is 2. The quantitative estimate of drug-likeness (QED) is 0.623. The molecule has 30 heavy (non-hydrogen) atoms. The van der Waals surface area contributed by atoms with E-state index in [2.05, 4.69) is 5.32 Å². The van der Waals surface area contributed by atoms with Crippen molar-refractivity contribution in [2.45, 2.75) is 24.6 Å². The lowest BCUT2D eigenvalue weighted by Crippen LogP contribution is -2.35. The minimum absolute atomic E-state index is 0.0107. The maximum Gasteiger partial charge on any atom is 0.417 e. The summed E-state index contributed by atoms with van der Waals surface area (Å²) in [6.45, 7) is 0.777. The van der Waals surface area contributed by atoms with E-state index >= 15 is 0 Å². The second-order valence-electron chi connectivity index (χ2n) is 7.99. The van der Waals surface area contributed by atoms with Gasteiger partial charge in [-0.2, -0.15) is 13.2 Å². The summed E-state index contributed by atoms with van der Waals surface area (Å²) in [7, 11) is 0. The Balaban J connectivity index is 1.41. The minimum Gasteiger partial charge on any atom is -0.385 e. The molecule has 0 radical (unpaired) electrons. The highest BCUT2D eigenvalue weighted by molar-refractivity contribution is 6.31. The van der Waals surface area contributed by atoms with E-state index in [1.807, 2.05) is 0 Å². The summed E-state index contributed by atoms with van der Waals surface area (Å²) in [6.07, 6.45) is -3.74. The van der Waals surface area contributed by atoms with Gasteiger partial charge in [-0.05, 0) is 60.6 Å². The summed E-state index contributed by atoms with van der Waals surface area (Å²) < 4.78 is 52.2. The van der Waals surface area contributed by atoms with E-state index in [-0.39, 0.29) is 23.3 Å². The van der Waals surface area contributed by atoms with Gasteiger partial charge in [0.05, 0.1) is 16.2 Å². The number of halogens is 5. The molecule has 160 valence electrons. The number of likely N-dealkylation sites (tertiary alicyclic amines) is 1. The number of anilines is 1. The lowest BCUT2D eigenvalue weighted by Gasteiger charge is -2.26. The van der Waals surface area contributed by atoms with Crippen LogP contribution in [-0.4, -0.2) is 29.1 Å². The molecule has 2 fully saturated rings. The van der Waals surface area contributed by atoms with Gasteiger partial charge in [-0.25, -0.2) is 9.18 Å². The molecular formula is C21H19ClF4N2O2. The summed E-state index contributed by atoms with van der Waals surface area (Å²) in [5.41, 5.74) is -1.42. The number of aliphatic hydroxyl groups is 1. The number of amides is 2. The Hall–Kier alpha value is -2.32. The van der Waals surface area contributed by atoms with Crippen LogP contribution in [0, 0.1) is 17.7 Å². The number of urea groups is 1. The average Bonchev–Trinajstić information content (AvgIpc) is 3.18. The van der Waals surface area contributed by atoms with Gasteiger partial charge >= 0.3 is 12.2 Å². The molecule has 1 saturated heterocycles. The average molecular weight is 443 g/mol. The number of benzene rings is 2. The Labute approximate surface area is 175 Å². The van der Waals surface area contributed by atoms with E-state index in [0.717, 1.165) is 12.1 Å². The van der Waals surface area contributed by atoms with Crippen LogP contribution in [0.3, 0.4) is 0 Å². The molecule has 2 aromatic rings. The van der Waals surface area contributed by atoms with Gasteiger partial charge in [-0.15, -0.1) is 0 Å². The molecule has 2 aromatic carbocycles. The number of rotatable bonds is 2. The Bertz CT molecular complexity index is 950. The van der Waals surface area contributed by atoms with Gasteiger partial charge in [-0.3, -0.25) is 0 Å². The second kappa shape index (κ2) is 7.42. The third-order valence-corrected chi connectivity index (χ3v) is 6.30. The first-order valence-corrected chi connectivity index (χ1v) is 9.84. The largest absolute Gasteiger partial charge is 0.417 e. The van der Waals surface area contributed by atoms with Gasteiger partial charge in [0.2, 0.25) is 0 Å². The number of fused-ring (bicyclic) bond motifs is 1. The van der Waals surface area contributed by atoms with Crippen LogP contribution in [0.5, 0.6) is 0 Å². The van der Waals surface area contributed by atoms with Crippen molar-refractivity contribution in [2.75, 3.05) is 18.4 Å². The van der Waals surface area contributed by atoms with Crippen molar-refractivity contribution in [1.82, 2.24) is 4.90 Å². The van der Waals surface area contributed by atoms with Crippen LogP contribution in [0.4, 0.5) is 28.0 Å². The normalized spacial score (nSPS) is 26.0. The van der Waals surface area contributed by atoms with Crippen LogP contribution < -0.4 is 5.32 Å².